The number of carbonyl (C=O) groups is 2. The summed E-state index contributed by atoms with van der Waals surface area (Å²) in [7, 11) is 0. The minimum absolute atomic E-state index is 0.0271. The van der Waals surface area contributed by atoms with Crippen LogP contribution in [0.1, 0.15) is 64.2 Å². The average Bonchev–Trinajstić information content (AvgIpc) is 3.13. The Bertz CT molecular complexity index is 512. The van der Waals surface area contributed by atoms with E-state index in [2.05, 4.69) is 15.5 Å². The van der Waals surface area contributed by atoms with E-state index in [1.54, 1.807) is 0 Å². The monoisotopic (exact) mass is 376 g/mol. The summed E-state index contributed by atoms with van der Waals surface area (Å²) in [6.45, 7) is 3.60. The van der Waals surface area contributed by atoms with Crippen LogP contribution in [0.2, 0.25) is 0 Å². The molecule has 3 atom stereocenters. The second-order valence-corrected chi connectivity index (χ2v) is 9.11. The zero-order chi connectivity index (χ0) is 18.6. The lowest BCUT2D eigenvalue weighted by Gasteiger charge is -2.36. The summed E-state index contributed by atoms with van der Waals surface area (Å²) in [5.74, 6) is 1.15. The van der Waals surface area contributed by atoms with Crippen molar-refractivity contribution in [3.8, 4) is 0 Å². The molecule has 0 spiro atoms. The maximum Gasteiger partial charge on any atom is 0.239 e. The van der Waals surface area contributed by atoms with E-state index >= 15 is 0 Å². The highest BCUT2D eigenvalue weighted by atomic mass is 16.2. The quantitative estimate of drug-likeness (QED) is 0.780. The summed E-state index contributed by atoms with van der Waals surface area (Å²) in [5, 5.41) is 6.81. The highest BCUT2D eigenvalue weighted by Gasteiger charge is 2.40. The van der Waals surface area contributed by atoms with E-state index in [1.807, 2.05) is 4.90 Å². The maximum absolute atomic E-state index is 12.9. The number of nitrogens with zero attached hydrogens (tertiary/aromatic N) is 2. The fourth-order valence-electron chi connectivity index (χ4n) is 5.58. The number of piperazine rings is 1. The van der Waals surface area contributed by atoms with Crippen molar-refractivity contribution in [3.63, 3.8) is 0 Å². The van der Waals surface area contributed by atoms with Crippen molar-refractivity contribution in [2.75, 3.05) is 32.7 Å². The number of amides is 2. The lowest BCUT2D eigenvalue weighted by molar-refractivity contribution is -0.135. The fraction of sp³-hybridized carbons (Fsp3) is 0.905. The topological polar surface area (TPSA) is 64.7 Å². The van der Waals surface area contributed by atoms with Crippen LogP contribution < -0.4 is 10.6 Å². The Morgan fingerprint density at radius 1 is 0.889 bits per heavy atom. The second kappa shape index (κ2) is 8.91. The molecule has 2 saturated carbocycles. The van der Waals surface area contributed by atoms with E-state index in [-0.39, 0.29) is 17.9 Å². The summed E-state index contributed by atoms with van der Waals surface area (Å²) in [4.78, 5) is 29.4. The lowest BCUT2D eigenvalue weighted by atomic mass is 9.85. The molecule has 2 amide bonds. The first-order valence-electron chi connectivity index (χ1n) is 11.3. The van der Waals surface area contributed by atoms with Crippen molar-refractivity contribution in [3.05, 3.63) is 0 Å². The van der Waals surface area contributed by atoms with Gasteiger partial charge in [0.25, 0.3) is 0 Å². The van der Waals surface area contributed by atoms with Gasteiger partial charge in [0.1, 0.15) is 0 Å². The smallest absolute Gasteiger partial charge is 0.239 e. The maximum atomic E-state index is 12.9. The van der Waals surface area contributed by atoms with Crippen LogP contribution in [0.5, 0.6) is 0 Å². The summed E-state index contributed by atoms with van der Waals surface area (Å²) in [6.07, 6.45) is 12.2. The lowest BCUT2D eigenvalue weighted by Crippen LogP contribution is -2.55. The Kier molecular flexibility index (Phi) is 6.33. The van der Waals surface area contributed by atoms with E-state index in [0.29, 0.717) is 24.5 Å². The average molecular weight is 377 g/mol. The van der Waals surface area contributed by atoms with Crippen LogP contribution in [0.4, 0.5) is 0 Å². The predicted octanol–water partition coefficient (Wildman–Crippen LogP) is 1.50. The largest absolute Gasteiger partial charge is 0.352 e. The first-order valence-corrected chi connectivity index (χ1v) is 11.3. The number of rotatable bonds is 4. The van der Waals surface area contributed by atoms with E-state index in [9.17, 15) is 9.59 Å². The third kappa shape index (κ3) is 4.83. The highest BCUT2D eigenvalue weighted by Crippen LogP contribution is 2.33. The SMILES string of the molecule is O=C(CN1CCN(C(=O)C2CC3CCCCC3N2)CC1)NC1CCCCC1. The van der Waals surface area contributed by atoms with E-state index in [4.69, 9.17) is 0 Å². The van der Waals surface area contributed by atoms with E-state index in [1.165, 1.54) is 44.9 Å². The van der Waals surface area contributed by atoms with Crippen LogP contribution in [0, 0.1) is 5.92 Å². The molecule has 6 nitrogen and oxygen atoms in total. The van der Waals surface area contributed by atoms with Crippen LogP contribution in [0.15, 0.2) is 0 Å². The van der Waals surface area contributed by atoms with Gasteiger partial charge in [0, 0.05) is 38.3 Å². The minimum Gasteiger partial charge on any atom is -0.352 e. The Morgan fingerprint density at radius 3 is 2.33 bits per heavy atom. The van der Waals surface area contributed by atoms with Crippen LogP contribution >= 0.6 is 0 Å². The third-order valence-corrected chi connectivity index (χ3v) is 7.18. The van der Waals surface area contributed by atoms with Gasteiger partial charge in [0.2, 0.25) is 11.8 Å². The van der Waals surface area contributed by atoms with Gasteiger partial charge < -0.3 is 15.5 Å². The van der Waals surface area contributed by atoms with Gasteiger partial charge in [0.05, 0.1) is 12.6 Å². The standard InChI is InChI=1S/C21H36N4O2/c26-20(22-17-7-2-1-3-8-17)15-24-10-12-25(13-11-24)21(27)19-14-16-6-4-5-9-18(16)23-19/h16-19,23H,1-15H2,(H,22,26). The van der Waals surface area contributed by atoms with Gasteiger partial charge in [-0.15, -0.1) is 0 Å². The minimum atomic E-state index is 0.0271. The van der Waals surface area contributed by atoms with Crippen molar-refractivity contribution in [1.82, 2.24) is 20.4 Å². The normalized spacial score (nSPS) is 32.9. The van der Waals surface area contributed by atoms with Crippen molar-refractivity contribution >= 4 is 11.8 Å². The number of fused-ring (bicyclic) bond motifs is 1. The molecular formula is C21H36N4O2. The van der Waals surface area contributed by atoms with E-state index < -0.39 is 0 Å². The van der Waals surface area contributed by atoms with Crippen LogP contribution in [0.25, 0.3) is 0 Å². The van der Waals surface area contributed by atoms with Gasteiger partial charge in [-0.2, -0.15) is 0 Å². The van der Waals surface area contributed by atoms with Gasteiger partial charge in [-0.05, 0) is 38.0 Å². The number of nitrogens with one attached hydrogen (secondary N) is 2. The third-order valence-electron chi connectivity index (χ3n) is 7.18. The molecule has 152 valence electrons. The molecule has 2 aliphatic carbocycles. The fourth-order valence-corrected chi connectivity index (χ4v) is 5.58. The molecule has 27 heavy (non-hydrogen) atoms. The molecule has 3 unspecified atom stereocenters. The summed E-state index contributed by atoms with van der Waals surface area (Å²) in [5.41, 5.74) is 0. The molecule has 4 fully saturated rings. The molecule has 0 aromatic carbocycles. The number of hydrogen-bond donors (Lipinski definition) is 2. The van der Waals surface area contributed by atoms with Crippen LogP contribution in [-0.4, -0.2) is 72.5 Å². The Balaban J connectivity index is 1.18. The first-order chi connectivity index (χ1) is 13.2. The van der Waals surface area contributed by atoms with Crippen molar-refractivity contribution < 1.29 is 9.59 Å². The van der Waals surface area contributed by atoms with Crippen LogP contribution in [-0.2, 0) is 9.59 Å². The van der Waals surface area contributed by atoms with Crippen molar-refractivity contribution in [2.24, 2.45) is 5.92 Å². The summed E-state index contributed by atoms with van der Waals surface area (Å²) in [6, 6.07) is 0.975. The van der Waals surface area contributed by atoms with Crippen molar-refractivity contribution in [1.29, 1.82) is 0 Å². The summed E-state index contributed by atoms with van der Waals surface area (Å²) >= 11 is 0. The zero-order valence-corrected chi connectivity index (χ0v) is 16.6. The van der Waals surface area contributed by atoms with Gasteiger partial charge in [0.15, 0.2) is 0 Å². The molecule has 0 radical (unpaired) electrons. The Morgan fingerprint density at radius 2 is 1.59 bits per heavy atom. The Labute approximate surface area is 163 Å². The first kappa shape index (κ1) is 19.2. The van der Waals surface area contributed by atoms with Gasteiger partial charge >= 0.3 is 0 Å². The molecule has 4 rings (SSSR count). The van der Waals surface area contributed by atoms with Crippen molar-refractivity contribution in [2.45, 2.75) is 82.3 Å². The molecule has 2 saturated heterocycles. The second-order valence-electron chi connectivity index (χ2n) is 9.11. The molecule has 2 heterocycles. The Hall–Kier alpha value is -1.14. The molecule has 6 heteroatoms. The van der Waals surface area contributed by atoms with Gasteiger partial charge in [-0.1, -0.05) is 32.1 Å². The molecule has 2 N–H and O–H groups in total. The predicted molar refractivity (Wildman–Crippen MR) is 105 cm³/mol. The molecule has 0 bridgehead atoms. The van der Waals surface area contributed by atoms with E-state index in [0.717, 1.165) is 45.4 Å². The zero-order valence-electron chi connectivity index (χ0n) is 16.6. The number of carbonyl (C=O) groups excluding carboxylic acids is 2. The van der Waals surface area contributed by atoms with Crippen LogP contribution in [0.3, 0.4) is 0 Å². The van der Waals surface area contributed by atoms with Gasteiger partial charge in [-0.25, -0.2) is 0 Å². The molecule has 2 aliphatic heterocycles. The highest BCUT2D eigenvalue weighted by molar-refractivity contribution is 5.82. The molecule has 0 aromatic rings. The molecule has 4 aliphatic rings. The molecular weight excluding hydrogens is 340 g/mol. The number of hydrogen-bond acceptors (Lipinski definition) is 4. The van der Waals surface area contributed by atoms with Gasteiger partial charge in [-0.3, -0.25) is 14.5 Å². The molecule has 0 aromatic heterocycles. The summed E-state index contributed by atoms with van der Waals surface area (Å²) < 4.78 is 0.